The van der Waals surface area contributed by atoms with E-state index in [2.05, 4.69) is 39.9 Å². The van der Waals surface area contributed by atoms with Gasteiger partial charge in [-0.2, -0.15) is 0 Å². The lowest BCUT2D eigenvalue weighted by atomic mass is 9.35. The number of carbonyl (C=O) groups is 1. The summed E-state index contributed by atoms with van der Waals surface area (Å²) in [5.41, 5.74) is -1.54. The van der Waals surface area contributed by atoms with E-state index in [1.165, 1.54) is 0 Å². The largest absolute Gasteiger partial charge is 0.462 e. The highest BCUT2D eigenvalue weighted by Crippen LogP contribution is 2.76. The Kier molecular flexibility index (Phi) is 8.55. The van der Waals surface area contributed by atoms with E-state index in [1.54, 1.807) is 0 Å². The van der Waals surface area contributed by atoms with Crippen LogP contribution in [0.25, 0.3) is 0 Å². The summed E-state index contributed by atoms with van der Waals surface area (Å²) in [6, 6.07) is 0. The lowest BCUT2D eigenvalue weighted by Crippen LogP contribution is -2.66. The van der Waals surface area contributed by atoms with Crippen LogP contribution >= 0.6 is 0 Å². The van der Waals surface area contributed by atoms with E-state index in [4.69, 9.17) is 4.74 Å². The van der Waals surface area contributed by atoms with Crippen LogP contribution < -0.4 is 5.32 Å². The van der Waals surface area contributed by atoms with Gasteiger partial charge in [-0.05, 0) is 151 Å². The van der Waals surface area contributed by atoms with Crippen LogP contribution in [-0.4, -0.2) is 57.8 Å². The molecule has 0 aromatic heterocycles. The zero-order valence-electron chi connectivity index (χ0n) is 28.1. The Labute approximate surface area is 256 Å². The standard InChI is InChI=1S/C36H63NO5/c1-31(2,40)15-9-16-36(8,41)24-10-18-35(7)29(24)25(38)22-27-33(5)17-12-28(42-30(39)23-13-20-37-21-14-23)32(3,4)26(33)11-19-34(27,35)6/h23-29,37-38,40-41H,9-22H2,1-8H3/t24-,25+,26-,27+,28-,29-,33-,34+,35+,36+/m0/s1. The van der Waals surface area contributed by atoms with Gasteiger partial charge < -0.3 is 25.4 Å². The van der Waals surface area contributed by atoms with Crippen LogP contribution in [0.3, 0.4) is 0 Å². The number of fused-ring (bicyclic) bond motifs is 5. The number of aliphatic hydroxyl groups excluding tert-OH is 1. The normalized spacial score (nSPS) is 45.3. The van der Waals surface area contributed by atoms with Crippen LogP contribution in [0.2, 0.25) is 0 Å². The Morgan fingerprint density at radius 2 is 1.50 bits per heavy atom. The fourth-order valence-electron chi connectivity index (χ4n) is 12.0. The van der Waals surface area contributed by atoms with E-state index in [0.29, 0.717) is 24.7 Å². The molecule has 6 nitrogen and oxygen atoms in total. The Balaban J connectivity index is 1.35. The molecule has 0 aromatic rings. The van der Waals surface area contributed by atoms with Gasteiger partial charge in [0.15, 0.2) is 0 Å². The second kappa shape index (κ2) is 11.0. The first-order valence-electron chi connectivity index (χ1n) is 17.4. The second-order valence-electron chi connectivity index (χ2n) is 17.8. The molecule has 0 amide bonds. The van der Waals surface area contributed by atoms with Crippen molar-refractivity contribution in [3.05, 3.63) is 0 Å². The average Bonchev–Trinajstić information content (AvgIpc) is 3.28. The maximum absolute atomic E-state index is 13.2. The molecule has 0 aromatic carbocycles. The molecule has 1 saturated heterocycles. The van der Waals surface area contributed by atoms with Gasteiger partial charge in [0.25, 0.3) is 0 Å². The number of nitrogens with one attached hydrogen (secondary N) is 1. The summed E-state index contributed by atoms with van der Waals surface area (Å²) in [5, 5.41) is 37.4. The average molecular weight is 590 g/mol. The molecule has 4 N–H and O–H groups in total. The smallest absolute Gasteiger partial charge is 0.309 e. The van der Waals surface area contributed by atoms with Gasteiger partial charge in [-0.3, -0.25) is 4.79 Å². The van der Waals surface area contributed by atoms with Crippen molar-refractivity contribution in [1.29, 1.82) is 0 Å². The third kappa shape index (κ3) is 5.30. The van der Waals surface area contributed by atoms with Gasteiger partial charge in [0.2, 0.25) is 0 Å². The molecule has 4 aliphatic carbocycles. The first-order chi connectivity index (χ1) is 19.4. The number of hydrogen-bond acceptors (Lipinski definition) is 6. The summed E-state index contributed by atoms with van der Waals surface area (Å²) in [6.07, 6.45) is 10.4. The van der Waals surface area contributed by atoms with E-state index in [0.717, 1.165) is 77.3 Å². The first-order valence-corrected chi connectivity index (χ1v) is 17.4. The Morgan fingerprint density at radius 3 is 2.14 bits per heavy atom. The summed E-state index contributed by atoms with van der Waals surface area (Å²) < 4.78 is 6.36. The van der Waals surface area contributed by atoms with Crippen molar-refractivity contribution in [3.63, 3.8) is 0 Å². The molecule has 10 atom stereocenters. The fraction of sp³-hybridized carbons (Fsp3) is 0.972. The van der Waals surface area contributed by atoms with Gasteiger partial charge in [0, 0.05) is 5.41 Å². The van der Waals surface area contributed by atoms with E-state index >= 15 is 0 Å². The maximum atomic E-state index is 13.2. The zero-order valence-corrected chi connectivity index (χ0v) is 28.1. The lowest BCUT2D eigenvalue weighted by molar-refractivity contribution is -0.249. The molecule has 6 heteroatoms. The predicted molar refractivity (Wildman–Crippen MR) is 167 cm³/mol. The number of rotatable bonds is 7. The molecule has 5 aliphatic rings. The van der Waals surface area contributed by atoms with Crippen molar-refractivity contribution in [2.45, 2.75) is 156 Å². The number of ether oxygens (including phenoxy) is 1. The van der Waals surface area contributed by atoms with Crippen molar-refractivity contribution < 1.29 is 24.9 Å². The van der Waals surface area contributed by atoms with E-state index < -0.39 is 17.3 Å². The van der Waals surface area contributed by atoms with Crippen molar-refractivity contribution in [3.8, 4) is 0 Å². The summed E-state index contributed by atoms with van der Waals surface area (Å²) in [5.74, 6) is 1.04. The SMILES string of the molecule is CC(C)(O)CCC[C@@](C)(O)[C@H]1CC[C@]2(C)[C@@H]1[C@H](O)C[C@@H]1[C@@]3(C)CC[C@H](OC(=O)C4CCNCC4)C(C)(C)[C@@H]3CC[C@]12C. The summed E-state index contributed by atoms with van der Waals surface area (Å²) in [6.45, 7) is 19.6. The maximum Gasteiger partial charge on any atom is 0.309 e. The fourth-order valence-corrected chi connectivity index (χ4v) is 12.0. The van der Waals surface area contributed by atoms with Gasteiger partial charge in [-0.15, -0.1) is 0 Å². The molecule has 5 rings (SSSR count). The summed E-state index contributed by atoms with van der Waals surface area (Å²) in [7, 11) is 0. The molecular formula is C36H63NO5. The molecule has 242 valence electrons. The lowest BCUT2D eigenvalue weighted by Gasteiger charge is -2.70. The van der Waals surface area contributed by atoms with Crippen LogP contribution in [0, 0.1) is 51.2 Å². The Hall–Kier alpha value is -0.690. The Bertz CT molecular complexity index is 997. The highest BCUT2D eigenvalue weighted by molar-refractivity contribution is 5.72. The monoisotopic (exact) mass is 589 g/mol. The summed E-state index contributed by atoms with van der Waals surface area (Å²) >= 11 is 0. The zero-order chi connectivity index (χ0) is 30.9. The topological polar surface area (TPSA) is 99.0 Å². The number of hydrogen-bond donors (Lipinski definition) is 4. The minimum Gasteiger partial charge on any atom is -0.462 e. The molecule has 1 aliphatic heterocycles. The number of esters is 1. The van der Waals surface area contributed by atoms with Crippen molar-refractivity contribution in [1.82, 2.24) is 5.32 Å². The quantitative estimate of drug-likeness (QED) is 0.262. The number of piperidine rings is 1. The highest BCUT2D eigenvalue weighted by Gasteiger charge is 2.71. The molecule has 0 bridgehead atoms. The Morgan fingerprint density at radius 1 is 0.857 bits per heavy atom. The number of aliphatic hydroxyl groups is 3. The molecule has 0 unspecified atom stereocenters. The first kappa shape index (κ1) is 32.7. The van der Waals surface area contributed by atoms with E-state index in [-0.39, 0.29) is 51.5 Å². The van der Waals surface area contributed by atoms with Crippen molar-refractivity contribution in [2.24, 2.45) is 51.2 Å². The molecule has 1 heterocycles. The minimum absolute atomic E-state index is 0.00821. The van der Waals surface area contributed by atoms with Crippen LogP contribution in [0.1, 0.15) is 132 Å². The van der Waals surface area contributed by atoms with Gasteiger partial charge in [0.05, 0.1) is 23.2 Å². The summed E-state index contributed by atoms with van der Waals surface area (Å²) in [4.78, 5) is 13.2. The van der Waals surface area contributed by atoms with Gasteiger partial charge >= 0.3 is 5.97 Å². The highest BCUT2D eigenvalue weighted by atomic mass is 16.5. The minimum atomic E-state index is -0.850. The molecule has 0 radical (unpaired) electrons. The van der Waals surface area contributed by atoms with E-state index in [9.17, 15) is 20.1 Å². The van der Waals surface area contributed by atoms with Crippen LogP contribution in [0.4, 0.5) is 0 Å². The van der Waals surface area contributed by atoms with Gasteiger partial charge in [-0.1, -0.05) is 34.6 Å². The third-order valence-electron chi connectivity index (χ3n) is 14.5. The predicted octanol–water partition coefficient (Wildman–Crippen LogP) is 6.25. The van der Waals surface area contributed by atoms with Crippen molar-refractivity contribution >= 4 is 5.97 Å². The molecular weight excluding hydrogens is 526 g/mol. The van der Waals surface area contributed by atoms with Gasteiger partial charge in [0.1, 0.15) is 6.10 Å². The van der Waals surface area contributed by atoms with E-state index in [1.807, 2.05) is 20.8 Å². The third-order valence-corrected chi connectivity index (χ3v) is 14.5. The molecule has 5 fully saturated rings. The molecule has 42 heavy (non-hydrogen) atoms. The second-order valence-corrected chi connectivity index (χ2v) is 17.8. The van der Waals surface area contributed by atoms with Crippen LogP contribution in [0.15, 0.2) is 0 Å². The van der Waals surface area contributed by atoms with Crippen molar-refractivity contribution in [2.75, 3.05) is 13.1 Å². The van der Waals surface area contributed by atoms with Crippen LogP contribution in [0.5, 0.6) is 0 Å². The molecule has 4 saturated carbocycles. The van der Waals surface area contributed by atoms with Gasteiger partial charge in [-0.25, -0.2) is 0 Å². The van der Waals surface area contributed by atoms with Crippen LogP contribution in [-0.2, 0) is 9.53 Å². The molecule has 0 spiro atoms. The number of carbonyl (C=O) groups excluding carboxylic acids is 1.